The number of carbonyl (C=O) groups excluding carboxylic acids is 1. The first-order chi connectivity index (χ1) is 9.58. The second kappa shape index (κ2) is 4.81. The predicted molar refractivity (Wildman–Crippen MR) is 79.6 cm³/mol. The van der Waals surface area contributed by atoms with Crippen molar-refractivity contribution in [1.82, 2.24) is 9.55 Å². The van der Waals surface area contributed by atoms with E-state index in [1.807, 2.05) is 24.3 Å². The summed E-state index contributed by atoms with van der Waals surface area (Å²) in [6.07, 6.45) is 0. The van der Waals surface area contributed by atoms with E-state index in [-0.39, 0.29) is 5.82 Å². The summed E-state index contributed by atoms with van der Waals surface area (Å²) in [7, 11) is 0. The zero-order chi connectivity index (χ0) is 14.3. The molecule has 1 amide bonds. The molecule has 1 heterocycles. The maximum Gasteiger partial charge on any atom is 0.285 e. The molecule has 0 atom stereocenters. The topological polar surface area (TPSA) is 60.9 Å². The van der Waals surface area contributed by atoms with Gasteiger partial charge in [0.2, 0.25) is 5.82 Å². The molecule has 4 nitrogen and oxygen atoms in total. The molecule has 0 aliphatic rings. The lowest BCUT2D eigenvalue weighted by atomic mass is 10.2. The second-order valence-electron chi connectivity index (χ2n) is 4.22. The van der Waals surface area contributed by atoms with Crippen molar-refractivity contribution in [2.45, 2.75) is 0 Å². The number of imidazole rings is 1. The number of hydrogen-bond donors (Lipinski definition) is 1. The molecule has 1 aromatic heterocycles. The van der Waals surface area contributed by atoms with Crippen LogP contribution in [0.1, 0.15) is 10.6 Å². The number of fused-ring (bicyclic) bond motifs is 1. The standard InChI is InChI=1S/C14H9Cl2N3O/c15-9-6-5-8(7-10(9)16)19-12-4-2-1-3-11(12)18-14(19)13(17)20/h1-7H,(H2,17,20). The van der Waals surface area contributed by atoms with E-state index in [1.165, 1.54) is 0 Å². The van der Waals surface area contributed by atoms with Crippen LogP contribution < -0.4 is 5.73 Å². The number of hydrogen-bond acceptors (Lipinski definition) is 2. The van der Waals surface area contributed by atoms with Crippen molar-refractivity contribution in [3.63, 3.8) is 0 Å². The molecule has 6 heteroatoms. The number of carbonyl (C=O) groups is 1. The Morgan fingerprint density at radius 2 is 1.85 bits per heavy atom. The Morgan fingerprint density at radius 3 is 2.55 bits per heavy atom. The molecule has 3 rings (SSSR count). The van der Waals surface area contributed by atoms with E-state index in [4.69, 9.17) is 28.9 Å². The van der Waals surface area contributed by atoms with Gasteiger partial charge in [-0.2, -0.15) is 0 Å². The molecule has 0 saturated carbocycles. The maximum absolute atomic E-state index is 11.6. The van der Waals surface area contributed by atoms with Crippen molar-refractivity contribution in [3.8, 4) is 5.69 Å². The second-order valence-corrected chi connectivity index (χ2v) is 5.04. The minimum atomic E-state index is -0.604. The highest BCUT2D eigenvalue weighted by atomic mass is 35.5. The minimum Gasteiger partial charge on any atom is -0.363 e. The smallest absolute Gasteiger partial charge is 0.285 e. The van der Waals surface area contributed by atoms with Gasteiger partial charge in [0.25, 0.3) is 5.91 Å². The van der Waals surface area contributed by atoms with E-state index in [1.54, 1.807) is 22.8 Å². The fourth-order valence-corrected chi connectivity index (χ4v) is 2.37. The van der Waals surface area contributed by atoms with Gasteiger partial charge in [0.05, 0.1) is 21.1 Å². The maximum atomic E-state index is 11.6. The molecule has 0 bridgehead atoms. The van der Waals surface area contributed by atoms with E-state index in [2.05, 4.69) is 4.98 Å². The molecule has 2 aromatic carbocycles. The Bertz CT molecular complexity index is 826. The number of rotatable bonds is 2. The highest BCUT2D eigenvalue weighted by Crippen LogP contribution is 2.27. The van der Waals surface area contributed by atoms with E-state index in [0.29, 0.717) is 21.2 Å². The summed E-state index contributed by atoms with van der Waals surface area (Å²) in [6.45, 7) is 0. The average molecular weight is 306 g/mol. The molecule has 0 spiro atoms. The van der Waals surface area contributed by atoms with Crippen molar-refractivity contribution in [2.24, 2.45) is 5.73 Å². The van der Waals surface area contributed by atoms with Gasteiger partial charge in [-0.05, 0) is 30.3 Å². The summed E-state index contributed by atoms with van der Waals surface area (Å²) in [5, 5.41) is 0.845. The lowest BCUT2D eigenvalue weighted by molar-refractivity contribution is 0.0989. The zero-order valence-corrected chi connectivity index (χ0v) is 11.7. The van der Waals surface area contributed by atoms with Gasteiger partial charge in [-0.15, -0.1) is 0 Å². The fraction of sp³-hybridized carbons (Fsp3) is 0. The Balaban J connectivity index is 2.35. The van der Waals surface area contributed by atoms with Gasteiger partial charge in [-0.1, -0.05) is 35.3 Å². The molecule has 3 aromatic rings. The minimum absolute atomic E-state index is 0.157. The summed E-state index contributed by atoms with van der Waals surface area (Å²) in [4.78, 5) is 15.8. The SMILES string of the molecule is NC(=O)c1nc2ccccc2n1-c1ccc(Cl)c(Cl)c1. The van der Waals surface area contributed by atoms with Crippen molar-refractivity contribution in [3.05, 3.63) is 58.3 Å². The molecule has 0 aliphatic carbocycles. The van der Waals surface area contributed by atoms with Crippen LogP contribution in [0, 0.1) is 0 Å². The molecular formula is C14H9Cl2N3O. The van der Waals surface area contributed by atoms with Crippen molar-refractivity contribution in [1.29, 1.82) is 0 Å². The quantitative estimate of drug-likeness (QED) is 0.788. The molecular weight excluding hydrogens is 297 g/mol. The molecule has 0 unspecified atom stereocenters. The van der Waals surface area contributed by atoms with Crippen LogP contribution in [0.15, 0.2) is 42.5 Å². The first-order valence-electron chi connectivity index (χ1n) is 5.80. The van der Waals surface area contributed by atoms with Gasteiger partial charge in [0, 0.05) is 5.69 Å². The Morgan fingerprint density at radius 1 is 1.10 bits per heavy atom. The third-order valence-corrected chi connectivity index (χ3v) is 3.68. The molecule has 0 aliphatic heterocycles. The lowest BCUT2D eigenvalue weighted by Crippen LogP contribution is -2.17. The van der Waals surface area contributed by atoms with E-state index < -0.39 is 5.91 Å². The van der Waals surface area contributed by atoms with Gasteiger partial charge in [-0.25, -0.2) is 4.98 Å². The molecule has 0 radical (unpaired) electrons. The van der Waals surface area contributed by atoms with E-state index in [0.717, 1.165) is 5.52 Å². The van der Waals surface area contributed by atoms with Gasteiger partial charge in [-0.3, -0.25) is 9.36 Å². The van der Waals surface area contributed by atoms with Gasteiger partial charge in [0.1, 0.15) is 0 Å². The molecule has 0 saturated heterocycles. The van der Waals surface area contributed by atoms with Crippen molar-refractivity contribution >= 4 is 40.1 Å². The number of benzene rings is 2. The van der Waals surface area contributed by atoms with Crippen LogP contribution >= 0.6 is 23.2 Å². The predicted octanol–water partition coefficient (Wildman–Crippen LogP) is 3.43. The molecule has 0 fully saturated rings. The number of para-hydroxylation sites is 2. The summed E-state index contributed by atoms with van der Waals surface area (Å²) in [5.41, 5.74) is 7.55. The third-order valence-electron chi connectivity index (χ3n) is 2.94. The Hall–Kier alpha value is -2.04. The largest absolute Gasteiger partial charge is 0.363 e. The number of primary amides is 1. The van der Waals surface area contributed by atoms with Crippen LogP contribution in [0.3, 0.4) is 0 Å². The molecule has 100 valence electrons. The van der Waals surface area contributed by atoms with Crippen LogP contribution in [0.2, 0.25) is 10.0 Å². The molecule has 20 heavy (non-hydrogen) atoms. The van der Waals surface area contributed by atoms with Crippen LogP contribution in [0.4, 0.5) is 0 Å². The van der Waals surface area contributed by atoms with Gasteiger partial charge in [0.15, 0.2) is 0 Å². The Labute approximate surface area is 124 Å². The van der Waals surface area contributed by atoms with Crippen molar-refractivity contribution in [2.75, 3.05) is 0 Å². The summed E-state index contributed by atoms with van der Waals surface area (Å²) in [5.74, 6) is -0.447. The van der Waals surface area contributed by atoms with Crippen LogP contribution in [0.5, 0.6) is 0 Å². The first-order valence-corrected chi connectivity index (χ1v) is 6.56. The Kier molecular flexibility index (Phi) is 3.12. The van der Waals surface area contributed by atoms with Crippen LogP contribution in [-0.4, -0.2) is 15.5 Å². The normalized spacial score (nSPS) is 10.9. The highest BCUT2D eigenvalue weighted by molar-refractivity contribution is 6.42. The van der Waals surface area contributed by atoms with E-state index in [9.17, 15) is 4.79 Å². The van der Waals surface area contributed by atoms with Gasteiger partial charge >= 0.3 is 0 Å². The number of nitrogens with zero attached hydrogens (tertiary/aromatic N) is 2. The third kappa shape index (κ3) is 2.03. The highest BCUT2D eigenvalue weighted by Gasteiger charge is 2.16. The lowest BCUT2D eigenvalue weighted by Gasteiger charge is -2.08. The number of nitrogens with two attached hydrogens (primary N) is 1. The van der Waals surface area contributed by atoms with Crippen molar-refractivity contribution < 1.29 is 4.79 Å². The summed E-state index contributed by atoms with van der Waals surface area (Å²) in [6, 6.07) is 12.5. The first kappa shape index (κ1) is 13.0. The summed E-state index contributed by atoms with van der Waals surface area (Å²) >= 11 is 11.9. The fourth-order valence-electron chi connectivity index (χ4n) is 2.08. The average Bonchev–Trinajstić information content (AvgIpc) is 2.81. The molecule has 2 N–H and O–H groups in total. The summed E-state index contributed by atoms with van der Waals surface area (Å²) < 4.78 is 1.67. The van der Waals surface area contributed by atoms with Crippen LogP contribution in [-0.2, 0) is 0 Å². The zero-order valence-electron chi connectivity index (χ0n) is 10.2. The monoisotopic (exact) mass is 305 g/mol. The number of aromatic nitrogens is 2. The van der Waals surface area contributed by atoms with Gasteiger partial charge < -0.3 is 5.73 Å². The number of halogens is 2. The van der Waals surface area contributed by atoms with Crippen LogP contribution in [0.25, 0.3) is 16.7 Å². The number of amides is 1. The van der Waals surface area contributed by atoms with E-state index >= 15 is 0 Å².